The molecule has 38 heavy (non-hydrogen) atoms. The highest BCUT2D eigenvalue weighted by Crippen LogP contribution is 2.34. The van der Waals surface area contributed by atoms with Crippen molar-refractivity contribution in [2.75, 3.05) is 19.7 Å². The van der Waals surface area contributed by atoms with Crippen LogP contribution in [0, 0.1) is 12.8 Å². The van der Waals surface area contributed by atoms with Crippen LogP contribution in [0.2, 0.25) is 0 Å². The van der Waals surface area contributed by atoms with E-state index in [1.807, 2.05) is 89.2 Å². The molecule has 6 heteroatoms. The standard InChI is InChI=1S/C28H31NO5.2C2H6/c1-19(18-32-22-8-4-3-5-9-22)16-29-17-24-12-11-21-15-23(13-14-26(21)33-24)34-27-20(2)7-6-10-25(27)28(30)31;2*1-2/h3-10,13-15,19,24,29H,11-12,16-18H2,1-2H3,(H,30,31);2*1-2H3. The first-order valence-corrected chi connectivity index (χ1v) is 13.7. The monoisotopic (exact) mass is 521 g/mol. The number of carboxylic acids is 1. The van der Waals surface area contributed by atoms with Crippen LogP contribution in [0.25, 0.3) is 0 Å². The SMILES string of the molecule is CC.CC.Cc1cccc(C(=O)O)c1Oc1ccc2c(c1)CCC(CNCC(C)COc1ccccc1)O2. The van der Waals surface area contributed by atoms with Crippen LogP contribution < -0.4 is 19.5 Å². The third kappa shape index (κ3) is 9.10. The molecule has 4 rings (SSSR count). The van der Waals surface area contributed by atoms with E-state index in [9.17, 15) is 9.90 Å². The van der Waals surface area contributed by atoms with Gasteiger partial charge in [0.05, 0.1) is 6.61 Å². The molecule has 0 radical (unpaired) electrons. The Hall–Kier alpha value is -3.51. The van der Waals surface area contributed by atoms with E-state index in [4.69, 9.17) is 14.2 Å². The molecule has 0 saturated carbocycles. The Kier molecular flexibility index (Phi) is 13.2. The molecule has 0 fully saturated rings. The fraction of sp³-hybridized carbons (Fsp3) is 0.406. The summed E-state index contributed by atoms with van der Waals surface area (Å²) in [4.78, 5) is 11.5. The fourth-order valence-corrected chi connectivity index (χ4v) is 4.01. The maximum absolute atomic E-state index is 11.5. The van der Waals surface area contributed by atoms with Gasteiger partial charge in [-0.05, 0) is 67.3 Å². The Bertz CT molecular complexity index is 1120. The predicted molar refractivity (Wildman–Crippen MR) is 154 cm³/mol. The lowest BCUT2D eigenvalue weighted by Crippen LogP contribution is -2.36. The van der Waals surface area contributed by atoms with Crippen molar-refractivity contribution in [3.63, 3.8) is 0 Å². The lowest BCUT2D eigenvalue weighted by Gasteiger charge is -2.27. The lowest BCUT2D eigenvalue weighted by atomic mass is 10.0. The number of fused-ring (bicyclic) bond motifs is 1. The number of ether oxygens (including phenoxy) is 3. The third-order valence-electron chi connectivity index (χ3n) is 5.87. The Morgan fingerprint density at radius 1 is 1.03 bits per heavy atom. The van der Waals surface area contributed by atoms with Gasteiger partial charge in [0.15, 0.2) is 0 Å². The summed E-state index contributed by atoms with van der Waals surface area (Å²) in [6, 6.07) is 20.7. The second-order valence-corrected chi connectivity index (χ2v) is 8.79. The molecule has 0 amide bonds. The van der Waals surface area contributed by atoms with E-state index in [1.165, 1.54) is 0 Å². The second-order valence-electron chi connectivity index (χ2n) is 8.79. The third-order valence-corrected chi connectivity index (χ3v) is 5.87. The molecule has 3 aromatic carbocycles. The maximum atomic E-state index is 11.5. The summed E-state index contributed by atoms with van der Waals surface area (Å²) in [7, 11) is 0. The molecule has 0 spiro atoms. The average molecular weight is 522 g/mol. The minimum absolute atomic E-state index is 0.108. The number of nitrogens with one attached hydrogen (secondary N) is 1. The van der Waals surface area contributed by atoms with Gasteiger partial charge in [-0.2, -0.15) is 0 Å². The molecule has 2 unspecified atom stereocenters. The van der Waals surface area contributed by atoms with Gasteiger partial charge >= 0.3 is 5.97 Å². The van der Waals surface area contributed by atoms with Crippen LogP contribution in [0.4, 0.5) is 0 Å². The summed E-state index contributed by atoms with van der Waals surface area (Å²) in [5.74, 6) is 2.12. The zero-order valence-corrected chi connectivity index (χ0v) is 23.6. The molecule has 0 aliphatic carbocycles. The van der Waals surface area contributed by atoms with Gasteiger partial charge in [0.25, 0.3) is 0 Å². The van der Waals surface area contributed by atoms with Crippen LogP contribution in [-0.2, 0) is 6.42 Å². The van der Waals surface area contributed by atoms with Crippen molar-refractivity contribution in [1.29, 1.82) is 0 Å². The number of para-hydroxylation sites is 2. The highest BCUT2D eigenvalue weighted by molar-refractivity contribution is 5.91. The van der Waals surface area contributed by atoms with E-state index in [2.05, 4.69) is 12.2 Å². The Balaban J connectivity index is 0.00000121. The van der Waals surface area contributed by atoms with Crippen LogP contribution in [0.5, 0.6) is 23.0 Å². The van der Waals surface area contributed by atoms with E-state index in [-0.39, 0.29) is 11.7 Å². The number of aryl methyl sites for hydroxylation is 2. The topological polar surface area (TPSA) is 77.0 Å². The lowest BCUT2D eigenvalue weighted by molar-refractivity contribution is 0.0694. The minimum Gasteiger partial charge on any atom is -0.493 e. The molecule has 2 N–H and O–H groups in total. The van der Waals surface area contributed by atoms with Crippen molar-refractivity contribution >= 4 is 5.97 Å². The number of carbonyl (C=O) groups is 1. The summed E-state index contributed by atoms with van der Waals surface area (Å²) in [5, 5.41) is 13.0. The van der Waals surface area contributed by atoms with Crippen molar-refractivity contribution in [3.8, 4) is 23.0 Å². The Morgan fingerprint density at radius 2 is 1.76 bits per heavy atom. The van der Waals surface area contributed by atoms with E-state index < -0.39 is 5.97 Å². The number of hydrogen-bond donors (Lipinski definition) is 2. The fourth-order valence-electron chi connectivity index (χ4n) is 4.01. The molecular formula is C32H43NO5. The van der Waals surface area contributed by atoms with Crippen LogP contribution in [-0.4, -0.2) is 36.9 Å². The van der Waals surface area contributed by atoms with Crippen molar-refractivity contribution in [2.45, 2.75) is 60.5 Å². The molecule has 2 atom stereocenters. The van der Waals surface area contributed by atoms with Gasteiger partial charge in [0.2, 0.25) is 0 Å². The molecule has 3 aromatic rings. The van der Waals surface area contributed by atoms with Gasteiger partial charge in [-0.1, -0.05) is 65.0 Å². The zero-order chi connectivity index (χ0) is 27.9. The molecule has 206 valence electrons. The number of aromatic carboxylic acids is 1. The summed E-state index contributed by atoms with van der Waals surface area (Å²) in [6.45, 7) is 14.3. The maximum Gasteiger partial charge on any atom is 0.339 e. The largest absolute Gasteiger partial charge is 0.493 e. The van der Waals surface area contributed by atoms with Crippen molar-refractivity contribution < 1.29 is 24.1 Å². The van der Waals surface area contributed by atoms with Crippen LogP contribution >= 0.6 is 0 Å². The van der Waals surface area contributed by atoms with Crippen molar-refractivity contribution in [3.05, 3.63) is 83.4 Å². The van der Waals surface area contributed by atoms with Gasteiger partial charge < -0.3 is 24.6 Å². The Labute approximate surface area is 228 Å². The Morgan fingerprint density at radius 3 is 2.47 bits per heavy atom. The quantitative estimate of drug-likeness (QED) is 0.287. The molecule has 6 nitrogen and oxygen atoms in total. The van der Waals surface area contributed by atoms with Gasteiger partial charge in [-0.15, -0.1) is 0 Å². The van der Waals surface area contributed by atoms with Gasteiger partial charge in [0, 0.05) is 19.0 Å². The van der Waals surface area contributed by atoms with Crippen LogP contribution in [0.3, 0.4) is 0 Å². The highest BCUT2D eigenvalue weighted by Gasteiger charge is 2.21. The summed E-state index contributed by atoms with van der Waals surface area (Å²) in [5.41, 5.74) is 2.01. The van der Waals surface area contributed by atoms with Crippen molar-refractivity contribution in [1.82, 2.24) is 5.32 Å². The first-order valence-electron chi connectivity index (χ1n) is 13.7. The normalized spacial score (nSPS) is 14.3. The number of hydrogen-bond acceptors (Lipinski definition) is 5. The van der Waals surface area contributed by atoms with E-state index >= 15 is 0 Å². The van der Waals surface area contributed by atoms with E-state index in [0.717, 1.165) is 48.6 Å². The highest BCUT2D eigenvalue weighted by atomic mass is 16.5. The number of rotatable bonds is 10. The summed E-state index contributed by atoms with van der Waals surface area (Å²) < 4.78 is 18.0. The first-order chi connectivity index (χ1) is 18.5. The van der Waals surface area contributed by atoms with Gasteiger partial charge in [0.1, 0.15) is 34.7 Å². The molecule has 0 aromatic heterocycles. The van der Waals surface area contributed by atoms with E-state index in [1.54, 1.807) is 12.1 Å². The molecule has 1 aliphatic rings. The van der Waals surface area contributed by atoms with E-state index in [0.29, 0.717) is 24.0 Å². The minimum atomic E-state index is -1.00. The zero-order valence-electron chi connectivity index (χ0n) is 23.6. The van der Waals surface area contributed by atoms with Crippen LogP contribution in [0.1, 0.15) is 62.5 Å². The number of benzene rings is 3. The molecule has 1 heterocycles. The first kappa shape index (κ1) is 30.7. The van der Waals surface area contributed by atoms with Gasteiger partial charge in [-0.25, -0.2) is 4.79 Å². The van der Waals surface area contributed by atoms with Crippen molar-refractivity contribution in [2.24, 2.45) is 5.92 Å². The number of carboxylic acid groups (broad SMARTS) is 1. The molecular weight excluding hydrogens is 478 g/mol. The smallest absolute Gasteiger partial charge is 0.339 e. The average Bonchev–Trinajstić information content (AvgIpc) is 2.95. The predicted octanol–water partition coefficient (Wildman–Crippen LogP) is 7.54. The van der Waals surface area contributed by atoms with Gasteiger partial charge in [-0.3, -0.25) is 0 Å². The molecule has 0 saturated heterocycles. The second kappa shape index (κ2) is 16.4. The summed E-state index contributed by atoms with van der Waals surface area (Å²) in [6.07, 6.45) is 1.89. The van der Waals surface area contributed by atoms with Crippen LogP contribution in [0.15, 0.2) is 66.7 Å². The summed E-state index contributed by atoms with van der Waals surface area (Å²) >= 11 is 0. The molecule has 1 aliphatic heterocycles. The molecule has 0 bridgehead atoms.